The summed E-state index contributed by atoms with van der Waals surface area (Å²) in [5.74, 6) is 1.99. The van der Waals surface area contributed by atoms with Gasteiger partial charge in [-0.3, -0.25) is 9.78 Å². The second kappa shape index (κ2) is 7.24. The van der Waals surface area contributed by atoms with E-state index in [-0.39, 0.29) is 5.91 Å². The first kappa shape index (κ1) is 18.1. The van der Waals surface area contributed by atoms with Gasteiger partial charge in [0.25, 0.3) is 5.91 Å². The lowest BCUT2D eigenvalue weighted by Crippen LogP contribution is -2.44. The van der Waals surface area contributed by atoms with Crippen LogP contribution in [-0.2, 0) is 0 Å². The van der Waals surface area contributed by atoms with Crippen molar-refractivity contribution in [1.29, 1.82) is 0 Å². The van der Waals surface area contributed by atoms with Crippen LogP contribution in [0.4, 0.5) is 0 Å². The standard InChI is InChI=1S/C20H27N3OS/c1-12(2)17-11-23(9-8-13(17)3)20(24)18-15(5)22-19(25-18)16-7-6-14(4)21-10-16/h6-7,10,12-13,17H,8-9,11H2,1-5H3. The van der Waals surface area contributed by atoms with Crippen molar-refractivity contribution in [2.24, 2.45) is 17.8 Å². The SMILES string of the molecule is Cc1ccc(-c2nc(C)c(C(=O)N3CCC(C)C(C(C)C)C3)s2)cn1. The first-order valence-corrected chi connectivity index (χ1v) is 9.88. The maximum absolute atomic E-state index is 13.1. The molecular formula is C20H27N3OS. The summed E-state index contributed by atoms with van der Waals surface area (Å²) in [4.78, 5) is 24.8. The highest BCUT2D eigenvalue weighted by atomic mass is 32.1. The summed E-state index contributed by atoms with van der Waals surface area (Å²) in [7, 11) is 0. The Morgan fingerprint density at radius 3 is 2.72 bits per heavy atom. The summed E-state index contributed by atoms with van der Waals surface area (Å²) < 4.78 is 0. The Morgan fingerprint density at radius 1 is 1.32 bits per heavy atom. The zero-order valence-corrected chi connectivity index (χ0v) is 16.6. The van der Waals surface area contributed by atoms with Crippen LogP contribution in [0, 0.1) is 31.6 Å². The summed E-state index contributed by atoms with van der Waals surface area (Å²) >= 11 is 1.49. The molecule has 2 aromatic rings. The Hall–Kier alpha value is -1.75. The Kier molecular flexibility index (Phi) is 5.23. The van der Waals surface area contributed by atoms with E-state index in [1.165, 1.54) is 11.3 Å². The van der Waals surface area contributed by atoms with E-state index >= 15 is 0 Å². The van der Waals surface area contributed by atoms with Gasteiger partial charge in [-0.1, -0.05) is 20.8 Å². The number of likely N-dealkylation sites (tertiary alicyclic amines) is 1. The number of carbonyl (C=O) groups excluding carboxylic acids is 1. The molecule has 1 aliphatic heterocycles. The molecule has 2 atom stereocenters. The fourth-order valence-electron chi connectivity index (χ4n) is 3.61. The third kappa shape index (κ3) is 3.76. The molecule has 2 unspecified atom stereocenters. The molecule has 1 fully saturated rings. The van der Waals surface area contributed by atoms with Crippen molar-refractivity contribution in [3.05, 3.63) is 34.6 Å². The summed E-state index contributed by atoms with van der Waals surface area (Å²) in [6, 6.07) is 4.00. The van der Waals surface area contributed by atoms with Crippen LogP contribution in [0.2, 0.25) is 0 Å². The molecule has 3 rings (SSSR count). The van der Waals surface area contributed by atoms with Gasteiger partial charge in [-0.25, -0.2) is 4.98 Å². The fourth-order valence-corrected chi connectivity index (χ4v) is 4.63. The lowest BCUT2D eigenvalue weighted by atomic mass is 9.79. The van der Waals surface area contributed by atoms with Crippen LogP contribution in [0.15, 0.2) is 18.3 Å². The fraction of sp³-hybridized carbons (Fsp3) is 0.550. The minimum atomic E-state index is 0.138. The van der Waals surface area contributed by atoms with Crippen LogP contribution in [0.5, 0.6) is 0 Å². The van der Waals surface area contributed by atoms with Gasteiger partial charge < -0.3 is 4.90 Å². The molecule has 0 aromatic carbocycles. The lowest BCUT2D eigenvalue weighted by Gasteiger charge is -2.39. The van der Waals surface area contributed by atoms with E-state index in [1.54, 1.807) is 0 Å². The van der Waals surface area contributed by atoms with Gasteiger partial charge in [0, 0.05) is 30.5 Å². The third-order valence-electron chi connectivity index (χ3n) is 5.31. The molecule has 2 aromatic heterocycles. The van der Waals surface area contributed by atoms with Gasteiger partial charge in [-0.2, -0.15) is 0 Å². The summed E-state index contributed by atoms with van der Waals surface area (Å²) in [5, 5.41) is 0.874. The summed E-state index contributed by atoms with van der Waals surface area (Å²) in [5.41, 5.74) is 2.78. The van der Waals surface area contributed by atoms with E-state index in [0.717, 1.165) is 46.3 Å². The molecule has 0 N–H and O–H groups in total. The normalized spacial score (nSPS) is 21.0. The largest absolute Gasteiger partial charge is 0.338 e. The average Bonchev–Trinajstić information content (AvgIpc) is 2.97. The van der Waals surface area contributed by atoms with Gasteiger partial charge in [-0.05, 0) is 50.2 Å². The lowest BCUT2D eigenvalue weighted by molar-refractivity contribution is 0.0552. The number of hydrogen-bond donors (Lipinski definition) is 0. The van der Waals surface area contributed by atoms with Crippen LogP contribution in [0.1, 0.15) is 48.3 Å². The van der Waals surface area contributed by atoms with E-state index in [4.69, 9.17) is 0 Å². The topological polar surface area (TPSA) is 46.1 Å². The molecule has 0 spiro atoms. The van der Waals surface area contributed by atoms with E-state index in [1.807, 2.05) is 37.1 Å². The van der Waals surface area contributed by atoms with E-state index in [9.17, 15) is 4.79 Å². The smallest absolute Gasteiger partial charge is 0.265 e. The van der Waals surface area contributed by atoms with Crippen LogP contribution < -0.4 is 0 Å². The molecule has 3 heterocycles. The van der Waals surface area contributed by atoms with Gasteiger partial charge in [0.05, 0.1) is 5.69 Å². The first-order valence-electron chi connectivity index (χ1n) is 9.06. The molecule has 0 saturated carbocycles. The second-order valence-electron chi connectivity index (χ2n) is 7.55. The predicted octanol–water partition coefficient (Wildman–Crippen LogP) is 4.58. The second-order valence-corrected chi connectivity index (χ2v) is 8.55. The Balaban J connectivity index is 1.82. The Labute approximate surface area is 154 Å². The highest BCUT2D eigenvalue weighted by molar-refractivity contribution is 7.17. The number of hydrogen-bond acceptors (Lipinski definition) is 4. The molecule has 0 bridgehead atoms. The van der Waals surface area contributed by atoms with Gasteiger partial charge in [0.15, 0.2) is 0 Å². The molecule has 1 saturated heterocycles. The third-order valence-corrected chi connectivity index (χ3v) is 6.50. The maximum Gasteiger partial charge on any atom is 0.265 e. The van der Waals surface area contributed by atoms with Crippen LogP contribution in [0.25, 0.3) is 10.6 Å². The zero-order valence-electron chi connectivity index (χ0n) is 15.7. The average molecular weight is 358 g/mol. The molecule has 0 aliphatic carbocycles. The molecule has 1 aliphatic rings. The van der Waals surface area contributed by atoms with E-state index in [0.29, 0.717) is 17.8 Å². The van der Waals surface area contributed by atoms with Crippen molar-refractivity contribution in [2.45, 2.75) is 41.0 Å². The molecule has 25 heavy (non-hydrogen) atoms. The van der Waals surface area contributed by atoms with Crippen molar-refractivity contribution in [1.82, 2.24) is 14.9 Å². The van der Waals surface area contributed by atoms with Gasteiger partial charge in [0.1, 0.15) is 9.88 Å². The molecule has 134 valence electrons. The predicted molar refractivity (Wildman–Crippen MR) is 103 cm³/mol. The molecule has 1 amide bonds. The number of aryl methyl sites for hydroxylation is 2. The van der Waals surface area contributed by atoms with E-state index in [2.05, 4.69) is 30.7 Å². The van der Waals surface area contributed by atoms with Gasteiger partial charge >= 0.3 is 0 Å². The van der Waals surface area contributed by atoms with Crippen molar-refractivity contribution in [2.75, 3.05) is 13.1 Å². The molecule has 5 heteroatoms. The molecule has 0 radical (unpaired) electrons. The summed E-state index contributed by atoms with van der Waals surface area (Å²) in [6.07, 6.45) is 2.92. The number of aromatic nitrogens is 2. The Morgan fingerprint density at radius 2 is 2.08 bits per heavy atom. The summed E-state index contributed by atoms with van der Waals surface area (Å²) in [6.45, 7) is 12.4. The number of carbonyl (C=O) groups is 1. The number of thiazole rings is 1. The van der Waals surface area contributed by atoms with Crippen molar-refractivity contribution < 1.29 is 4.79 Å². The zero-order chi connectivity index (χ0) is 18.1. The molecular weight excluding hydrogens is 330 g/mol. The molecule has 4 nitrogen and oxygen atoms in total. The number of pyridine rings is 1. The highest BCUT2D eigenvalue weighted by Crippen LogP contribution is 2.33. The maximum atomic E-state index is 13.1. The van der Waals surface area contributed by atoms with Crippen molar-refractivity contribution >= 4 is 17.2 Å². The minimum absolute atomic E-state index is 0.138. The van der Waals surface area contributed by atoms with Crippen LogP contribution in [0.3, 0.4) is 0 Å². The van der Waals surface area contributed by atoms with Crippen LogP contribution in [-0.4, -0.2) is 33.9 Å². The van der Waals surface area contributed by atoms with Crippen LogP contribution >= 0.6 is 11.3 Å². The quantitative estimate of drug-likeness (QED) is 0.808. The number of rotatable bonds is 3. The Bertz CT molecular complexity index is 751. The van der Waals surface area contributed by atoms with Gasteiger partial charge in [0.2, 0.25) is 0 Å². The number of piperidine rings is 1. The van der Waals surface area contributed by atoms with E-state index < -0.39 is 0 Å². The number of nitrogens with zero attached hydrogens (tertiary/aromatic N) is 3. The number of amides is 1. The highest BCUT2D eigenvalue weighted by Gasteiger charge is 2.32. The monoisotopic (exact) mass is 357 g/mol. The minimum Gasteiger partial charge on any atom is -0.338 e. The van der Waals surface area contributed by atoms with Gasteiger partial charge in [-0.15, -0.1) is 11.3 Å². The van der Waals surface area contributed by atoms with Crippen molar-refractivity contribution in [3.8, 4) is 10.6 Å². The first-order chi connectivity index (χ1) is 11.9. The van der Waals surface area contributed by atoms with Crippen molar-refractivity contribution in [3.63, 3.8) is 0 Å².